The molecule has 3 fully saturated rings. The predicted molar refractivity (Wildman–Crippen MR) is 168 cm³/mol. The number of carbonyl (C=O) groups excluding carboxylic acids is 1. The van der Waals surface area contributed by atoms with Gasteiger partial charge in [0.25, 0.3) is 0 Å². The summed E-state index contributed by atoms with van der Waals surface area (Å²) in [6.07, 6.45) is 9.34. The largest absolute Gasteiger partial charge is 0.357 e. The third-order valence-corrected chi connectivity index (χ3v) is 11.8. The number of carbonyl (C=O) groups is 1. The van der Waals surface area contributed by atoms with Crippen LogP contribution in [-0.4, -0.2) is 55.7 Å². The third-order valence-electron chi connectivity index (χ3n) is 8.75. The second kappa shape index (κ2) is 11.7. The van der Waals surface area contributed by atoms with Crippen LogP contribution in [-0.2, 0) is 10.0 Å². The van der Waals surface area contributed by atoms with E-state index in [-0.39, 0.29) is 24.7 Å². The quantitative estimate of drug-likeness (QED) is 0.280. The van der Waals surface area contributed by atoms with Crippen molar-refractivity contribution in [3.05, 3.63) is 71.9 Å². The molecule has 1 aromatic carbocycles. The van der Waals surface area contributed by atoms with Gasteiger partial charge in [0.15, 0.2) is 5.78 Å². The van der Waals surface area contributed by atoms with Crippen LogP contribution in [0.4, 0.5) is 11.5 Å². The molecule has 3 aliphatic rings. The molecular formula is C32H40N4O3S2. The van der Waals surface area contributed by atoms with Crippen molar-refractivity contribution in [3.8, 4) is 10.4 Å². The second-order valence-corrected chi connectivity index (χ2v) is 14.5. The number of ketones is 1. The lowest BCUT2D eigenvalue weighted by Crippen LogP contribution is -2.56. The first kappa shape index (κ1) is 28.1. The Balaban J connectivity index is 0.00000353. The molecule has 0 amide bonds. The van der Waals surface area contributed by atoms with Crippen molar-refractivity contribution >= 4 is 38.6 Å². The molecular weight excluding hydrogens is 553 g/mol. The van der Waals surface area contributed by atoms with Crippen molar-refractivity contribution < 1.29 is 14.6 Å². The molecule has 1 saturated carbocycles. The highest BCUT2D eigenvalue weighted by atomic mass is 32.2. The Kier molecular flexibility index (Phi) is 8.03. The lowest BCUT2D eigenvalue weighted by molar-refractivity contribution is 0.102. The fraction of sp³-hybridized carbons (Fsp3) is 0.438. The summed E-state index contributed by atoms with van der Waals surface area (Å²) in [6, 6.07) is 15.6. The number of sulfonamides is 1. The molecule has 41 heavy (non-hydrogen) atoms. The fourth-order valence-corrected chi connectivity index (χ4v) is 9.09. The summed E-state index contributed by atoms with van der Waals surface area (Å²) in [5.74, 6) is 1.16. The van der Waals surface area contributed by atoms with Gasteiger partial charge in [-0.25, -0.2) is 13.4 Å². The first-order chi connectivity index (χ1) is 19.8. The number of aromatic nitrogens is 1. The molecule has 3 aromatic rings. The summed E-state index contributed by atoms with van der Waals surface area (Å²) < 4.78 is 29.5. The molecule has 6 rings (SSSR count). The van der Waals surface area contributed by atoms with Crippen molar-refractivity contribution in [1.29, 1.82) is 0 Å². The highest BCUT2D eigenvalue weighted by molar-refractivity contribution is 7.89. The molecule has 0 N–H and O–H groups in total. The highest BCUT2D eigenvalue weighted by Gasteiger charge is 2.41. The number of pyridine rings is 1. The molecule has 2 aliphatic heterocycles. The topological polar surface area (TPSA) is 73.8 Å². The van der Waals surface area contributed by atoms with Crippen LogP contribution in [0.1, 0.15) is 63.0 Å². The van der Waals surface area contributed by atoms with E-state index in [1.165, 1.54) is 24.0 Å². The lowest BCUT2D eigenvalue weighted by Gasteiger charge is -2.47. The Morgan fingerprint density at radius 2 is 1.76 bits per heavy atom. The Hall–Kier alpha value is -3.01. The van der Waals surface area contributed by atoms with Crippen LogP contribution in [0.25, 0.3) is 10.4 Å². The van der Waals surface area contributed by atoms with Crippen LogP contribution in [0, 0.1) is 5.92 Å². The molecule has 0 spiro atoms. The smallest absolute Gasteiger partial charge is 0.245 e. The maximum Gasteiger partial charge on any atom is 0.245 e. The number of Topliss-reactive ketones (excluding diaryl/α,β-unsaturated/α-hetero) is 1. The average molecular weight is 593 g/mol. The van der Waals surface area contributed by atoms with Gasteiger partial charge in [-0.05, 0) is 55.4 Å². The zero-order valence-electron chi connectivity index (χ0n) is 23.7. The van der Waals surface area contributed by atoms with E-state index in [0.29, 0.717) is 23.0 Å². The van der Waals surface area contributed by atoms with E-state index in [0.717, 1.165) is 73.6 Å². The Labute approximate surface area is 249 Å². The number of piperazine rings is 1. The summed E-state index contributed by atoms with van der Waals surface area (Å²) in [5, 5.41) is 0. The molecule has 2 saturated heterocycles. The highest BCUT2D eigenvalue weighted by Crippen LogP contribution is 2.43. The number of hydrogen-bond acceptors (Lipinski definition) is 7. The van der Waals surface area contributed by atoms with Gasteiger partial charge >= 0.3 is 0 Å². The third kappa shape index (κ3) is 5.59. The zero-order chi connectivity index (χ0) is 28.6. The van der Waals surface area contributed by atoms with E-state index in [1.54, 1.807) is 17.3 Å². The number of anilines is 2. The van der Waals surface area contributed by atoms with Crippen LogP contribution < -0.4 is 9.80 Å². The lowest BCUT2D eigenvalue weighted by atomic mass is 9.82. The monoisotopic (exact) mass is 592 g/mol. The first-order valence-electron chi connectivity index (χ1n) is 14.7. The summed E-state index contributed by atoms with van der Waals surface area (Å²) in [5.41, 5.74) is 2.63. The maximum atomic E-state index is 14.0. The van der Waals surface area contributed by atoms with Gasteiger partial charge in [-0.15, -0.1) is 11.3 Å². The van der Waals surface area contributed by atoms with Gasteiger partial charge < -0.3 is 9.80 Å². The standard InChI is InChI=1S/C32H38N4O3S2.H2/c1-23-21-35(41(38,39)27-15-16-31(33-20-27)34-17-9-10-18-34)22-29(25-11-5-3-6-12-25)36(23)28-19-30(40-32(28)24(2)37)26-13-7-4-8-14-26;/h4,7-8,13-16,19-20,25,29H,1,3,5-6,9-12,17-18,21-22H2,2H3;1H/t29-;/m1./s1. The molecule has 1 atom stereocenters. The minimum Gasteiger partial charge on any atom is -0.357 e. The Morgan fingerprint density at radius 1 is 1.02 bits per heavy atom. The summed E-state index contributed by atoms with van der Waals surface area (Å²) in [7, 11) is -3.78. The Bertz CT molecular complexity index is 1510. The van der Waals surface area contributed by atoms with Gasteiger partial charge in [0.05, 0.1) is 23.2 Å². The number of benzene rings is 1. The van der Waals surface area contributed by atoms with Crippen molar-refractivity contribution in [2.45, 2.75) is 62.8 Å². The summed E-state index contributed by atoms with van der Waals surface area (Å²) in [6.45, 7) is 8.47. The normalized spacial score (nSPS) is 21.0. The summed E-state index contributed by atoms with van der Waals surface area (Å²) in [4.78, 5) is 23.8. The van der Waals surface area contributed by atoms with Gasteiger partial charge in [-0.1, -0.05) is 56.2 Å². The first-order valence-corrected chi connectivity index (χ1v) is 17.0. The van der Waals surface area contributed by atoms with Gasteiger partial charge in [-0.3, -0.25) is 4.79 Å². The van der Waals surface area contributed by atoms with Crippen LogP contribution in [0.3, 0.4) is 0 Å². The van der Waals surface area contributed by atoms with Crippen LogP contribution >= 0.6 is 11.3 Å². The SMILES string of the molecule is C=C1CN(S(=O)(=O)c2ccc(N3CCCC3)nc2)C[C@H](C2CCCCC2)N1c1cc(-c2ccccc2)sc1C(C)=O.[HH]. The van der Waals surface area contributed by atoms with Gasteiger partial charge in [0.1, 0.15) is 10.7 Å². The maximum absolute atomic E-state index is 14.0. The van der Waals surface area contributed by atoms with Gasteiger partial charge in [0, 0.05) is 44.8 Å². The molecule has 218 valence electrons. The number of nitrogens with zero attached hydrogens (tertiary/aromatic N) is 4. The van der Waals surface area contributed by atoms with Crippen molar-refractivity contribution in [1.82, 2.24) is 9.29 Å². The van der Waals surface area contributed by atoms with Crippen molar-refractivity contribution in [2.75, 3.05) is 36.0 Å². The van der Waals surface area contributed by atoms with Crippen LogP contribution in [0.2, 0.25) is 0 Å². The van der Waals surface area contributed by atoms with E-state index in [2.05, 4.69) is 39.6 Å². The van der Waals surface area contributed by atoms with Crippen molar-refractivity contribution in [3.63, 3.8) is 0 Å². The van der Waals surface area contributed by atoms with E-state index in [4.69, 9.17) is 0 Å². The van der Waals surface area contributed by atoms with E-state index >= 15 is 0 Å². The minimum absolute atomic E-state index is 0. The second-order valence-electron chi connectivity index (χ2n) is 11.5. The minimum atomic E-state index is -3.78. The predicted octanol–water partition coefficient (Wildman–Crippen LogP) is 6.83. The number of rotatable bonds is 7. The average Bonchev–Trinajstić information content (AvgIpc) is 3.69. The Morgan fingerprint density at radius 3 is 2.41 bits per heavy atom. The molecule has 7 nitrogen and oxygen atoms in total. The molecule has 0 radical (unpaired) electrons. The molecule has 4 heterocycles. The van der Waals surface area contributed by atoms with E-state index in [9.17, 15) is 13.2 Å². The van der Waals surface area contributed by atoms with Crippen molar-refractivity contribution in [2.24, 2.45) is 5.92 Å². The van der Waals surface area contributed by atoms with Crippen LogP contribution in [0.15, 0.2) is 71.9 Å². The fourth-order valence-electron chi connectivity index (χ4n) is 6.64. The molecule has 0 unspecified atom stereocenters. The van der Waals surface area contributed by atoms with Gasteiger partial charge in [-0.2, -0.15) is 4.31 Å². The molecule has 0 bridgehead atoms. The molecule has 2 aromatic heterocycles. The number of hydrogen-bond donors (Lipinski definition) is 0. The van der Waals surface area contributed by atoms with E-state index in [1.807, 2.05) is 24.3 Å². The number of thiophene rings is 1. The zero-order valence-corrected chi connectivity index (χ0v) is 25.3. The molecule has 9 heteroatoms. The van der Waals surface area contributed by atoms with Crippen LogP contribution in [0.5, 0.6) is 0 Å². The van der Waals surface area contributed by atoms with Gasteiger partial charge in [0.2, 0.25) is 10.0 Å². The summed E-state index contributed by atoms with van der Waals surface area (Å²) >= 11 is 1.50. The van der Waals surface area contributed by atoms with E-state index < -0.39 is 10.0 Å². The molecule has 1 aliphatic carbocycles.